The van der Waals surface area contributed by atoms with Crippen LogP contribution in [0.25, 0.3) is 10.8 Å². The summed E-state index contributed by atoms with van der Waals surface area (Å²) < 4.78 is 12.8. The number of aromatic nitrogens is 2. The number of benzene rings is 3. The quantitative estimate of drug-likeness (QED) is 0.341. The molecule has 0 bridgehead atoms. The van der Waals surface area contributed by atoms with Crippen molar-refractivity contribution in [3.63, 3.8) is 0 Å². The second kappa shape index (κ2) is 12.1. The van der Waals surface area contributed by atoms with E-state index in [1.165, 1.54) is 11.9 Å². The van der Waals surface area contributed by atoms with Crippen molar-refractivity contribution >= 4 is 22.6 Å². The van der Waals surface area contributed by atoms with E-state index in [0.717, 1.165) is 21.6 Å². The fourth-order valence-corrected chi connectivity index (χ4v) is 4.95. The third kappa shape index (κ3) is 6.05. The number of aryl methyl sites for hydroxylation is 1. The van der Waals surface area contributed by atoms with Crippen molar-refractivity contribution < 1.29 is 19.1 Å². The van der Waals surface area contributed by atoms with Gasteiger partial charge in [-0.3, -0.25) is 14.4 Å². The first-order valence-electron chi connectivity index (χ1n) is 13.2. The molecule has 1 aliphatic rings. The van der Waals surface area contributed by atoms with E-state index >= 15 is 0 Å². The lowest BCUT2D eigenvalue weighted by atomic mass is 10.1. The molecule has 1 saturated heterocycles. The number of carbonyl (C=O) groups is 2. The number of ether oxygens (including phenoxy) is 2. The number of rotatable bonds is 8. The molecule has 5 rings (SSSR count). The van der Waals surface area contributed by atoms with Crippen LogP contribution < -0.4 is 10.3 Å². The lowest BCUT2D eigenvalue weighted by molar-refractivity contribution is -0.131. The minimum atomic E-state index is -0.434. The summed E-state index contributed by atoms with van der Waals surface area (Å²) in [4.78, 5) is 43.2. The van der Waals surface area contributed by atoms with Crippen LogP contribution in [0.5, 0.6) is 5.75 Å². The molecule has 0 spiro atoms. The number of hydrogen-bond donors (Lipinski definition) is 0. The molecule has 4 aromatic rings. The molecular formula is C31H32N4O5. The Hall–Kier alpha value is -4.50. The van der Waals surface area contributed by atoms with Crippen molar-refractivity contribution in [2.45, 2.75) is 19.1 Å². The SMILES string of the molecule is COc1cccc(CO[C@@H]2CN(CCc3ccccc3)C(=O)CN(C(=O)c3nn(C)c(=O)c4ccccc34)C2)c1. The van der Waals surface area contributed by atoms with Crippen LogP contribution in [0.15, 0.2) is 83.7 Å². The van der Waals surface area contributed by atoms with Crippen LogP contribution in [0.1, 0.15) is 21.6 Å². The Morgan fingerprint density at radius 1 is 0.925 bits per heavy atom. The van der Waals surface area contributed by atoms with Crippen molar-refractivity contribution in [3.8, 4) is 5.75 Å². The van der Waals surface area contributed by atoms with Gasteiger partial charge in [-0.05, 0) is 35.7 Å². The molecular weight excluding hydrogens is 508 g/mol. The Bertz CT molecular complexity index is 1570. The average molecular weight is 541 g/mol. The molecule has 1 atom stereocenters. The molecule has 0 unspecified atom stereocenters. The lowest BCUT2D eigenvalue weighted by Gasteiger charge is -2.25. The maximum absolute atomic E-state index is 13.9. The van der Waals surface area contributed by atoms with E-state index in [1.54, 1.807) is 36.3 Å². The van der Waals surface area contributed by atoms with Gasteiger partial charge in [0.2, 0.25) is 5.91 Å². The van der Waals surface area contributed by atoms with Crippen LogP contribution in [0.3, 0.4) is 0 Å². The van der Waals surface area contributed by atoms with Gasteiger partial charge in [-0.1, -0.05) is 60.7 Å². The first kappa shape index (κ1) is 27.1. The standard InChI is InChI=1S/C31H32N4O5/c1-33-30(37)27-14-7-6-13-26(27)29(32-33)31(38)35-19-25(40-21-23-11-8-12-24(17-23)39-2)18-34(28(36)20-35)16-15-22-9-4-3-5-10-22/h3-14,17,25H,15-16,18-21H2,1-2H3/t25-/m1/s1. The first-order valence-corrected chi connectivity index (χ1v) is 13.2. The van der Waals surface area contributed by atoms with Gasteiger partial charge in [0.1, 0.15) is 12.3 Å². The molecule has 0 N–H and O–H groups in total. The number of methoxy groups -OCH3 is 1. The van der Waals surface area contributed by atoms with E-state index in [4.69, 9.17) is 9.47 Å². The van der Waals surface area contributed by atoms with Crippen LogP contribution in [0, 0.1) is 0 Å². The molecule has 2 heterocycles. The summed E-state index contributed by atoms with van der Waals surface area (Å²) in [5.74, 6) is 0.150. The van der Waals surface area contributed by atoms with Crippen LogP contribution in [-0.4, -0.2) is 70.8 Å². The van der Waals surface area contributed by atoms with Crippen LogP contribution in [-0.2, 0) is 29.6 Å². The largest absolute Gasteiger partial charge is 0.497 e. The minimum Gasteiger partial charge on any atom is -0.497 e. The number of nitrogens with zero attached hydrogens (tertiary/aromatic N) is 4. The maximum Gasteiger partial charge on any atom is 0.275 e. The first-order chi connectivity index (χ1) is 19.4. The third-order valence-corrected chi connectivity index (χ3v) is 7.11. The van der Waals surface area contributed by atoms with Crippen molar-refractivity contribution in [2.24, 2.45) is 7.05 Å². The summed E-state index contributed by atoms with van der Waals surface area (Å²) in [5.41, 5.74) is 1.90. The van der Waals surface area contributed by atoms with E-state index in [9.17, 15) is 14.4 Å². The van der Waals surface area contributed by atoms with E-state index < -0.39 is 12.0 Å². The number of hydrogen-bond acceptors (Lipinski definition) is 6. The van der Waals surface area contributed by atoms with Gasteiger partial charge in [0, 0.05) is 32.1 Å². The lowest BCUT2D eigenvalue weighted by Crippen LogP contribution is -2.41. The summed E-state index contributed by atoms with van der Waals surface area (Å²) in [6, 6.07) is 24.5. The highest BCUT2D eigenvalue weighted by atomic mass is 16.5. The Labute approximate surface area is 232 Å². The van der Waals surface area contributed by atoms with Crippen molar-refractivity contribution in [1.29, 1.82) is 0 Å². The predicted molar refractivity (Wildman–Crippen MR) is 151 cm³/mol. The molecule has 1 aromatic heterocycles. The summed E-state index contributed by atoms with van der Waals surface area (Å²) in [7, 11) is 3.13. The van der Waals surface area contributed by atoms with Crippen molar-refractivity contribution in [2.75, 3.05) is 33.3 Å². The van der Waals surface area contributed by atoms with Crippen LogP contribution in [0.4, 0.5) is 0 Å². The van der Waals surface area contributed by atoms with Crippen molar-refractivity contribution in [3.05, 3.63) is 106 Å². The molecule has 1 fully saturated rings. The van der Waals surface area contributed by atoms with Gasteiger partial charge in [0.25, 0.3) is 11.5 Å². The zero-order valence-electron chi connectivity index (χ0n) is 22.7. The summed E-state index contributed by atoms with van der Waals surface area (Å²) in [6.45, 7) is 1.25. The minimum absolute atomic E-state index is 0.106. The molecule has 3 aromatic carbocycles. The molecule has 9 nitrogen and oxygen atoms in total. The highest BCUT2D eigenvalue weighted by Gasteiger charge is 2.33. The molecule has 1 aliphatic heterocycles. The molecule has 206 valence electrons. The van der Waals surface area contributed by atoms with Crippen molar-refractivity contribution in [1.82, 2.24) is 19.6 Å². The van der Waals surface area contributed by atoms with Gasteiger partial charge in [0.05, 0.1) is 25.2 Å². The smallest absolute Gasteiger partial charge is 0.275 e. The summed E-state index contributed by atoms with van der Waals surface area (Å²) in [6.07, 6.45) is 0.256. The van der Waals surface area contributed by atoms with Gasteiger partial charge in [-0.25, -0.2) is 4.68 Å². The van der Waals surface area contributed by atoms with Gasteiger partial charge >= 0.3 is 0 Å². The van der Waals surface area contributed by atoms with Gasteiger partial charge in [-0.15, -0.1) is 0 Å². The molecule has 40 heavy (non-hydrogen) atoms. The van der Waals surface area contributed by atoms with E-state index in [0.29, 0.717) is 36.9 Å². The van der Waals surface area contributed by atoms with Gasteiger partial charge in [-0.2, -0.15) is 5.10 Å². The van der Waals surface area contributed by atoms with Gasteiger partial charge < -0.3 is 19.3 Å². The molecule has 2 amide bonds. The second-order valence-corrected chi connectivity index (χ2v) is 9.87. The van der Waals surface area contributed by atoms with E-state index in [1.807, 2.05) is 54.6 Å². The van der Waals surface area contributed by atoms with Crippen LogP contribution >= 0.6 is 0 Å². The number of amides is 2. The Morgan fingerprint density at radius 3 is 2.42 bits per heavy atom. The molecule has 0 radical (unpaired) electrons. The zero-order chi connectivity index (χ0) is 28.1. The molecule has 0 saturated carbocycles. The molecule has 9 heteroatoms. The fraction of sp³-hybridized carbons (Fsp3) is 0.290. The maximum atomic E-state index is 13.9. The second-order valence-electron chi connectivity index (χ2n) is 9.87. The number of carbonyl (C=O) groups excluding carboxylic acids is 2. The third-order valence-electron chi connectivity index (χ3n) is 7.11. The monoisotopic (exact) mass is 540 g/mol. The highest BCUT2D eigenvalue weighted by Crippen LogP contribution is 2.19. The Kier molecular flexibility index (Phi) is 8.21. The van der Waals surface area contributed by atoms with E-state index in [-0.39, 0.29) is 30.2 Å². The summed E-state index contributed by atoms with van der Waals surface area (Å²) in [5, 5.41) is 5.16. The number of fused-ring (bicyclic) bond motifs is 1. The fourth-order valence-electron chi connectivity index (χ4n) is 4.95. The Balaban J connectivity index is 1.41. The predicted octanol–water partition coefficient (Wildman–Crippen LogP) is 3.05. The van der Waals surface area contributed by atoms with Crippen LogP contribution in [0.2, 0.25) is 0 Å². The average Bonchev–Trinajstić information content (AvgIpc) is 3.15. The summed E-state index contributed by atoms with van der Waals surface area (Å²) >= 11 is 0. The zero-order valence-corrected chi connectivity index (χ0v) is 22.7. The van der Waals surface area contributed by atoms with E-state index in [2.05, 4.69) is 5.10 Å². The molecule has 0 aliphatic carbocycles. The normalized spacial score (nSPS) is 15.8. The Morgan fingerprint density at radius 2 is 1.65 bits per heavy atom. The van der Waals surface area contributed by atoms with Gasteiger partial charge in [0.15, 0.2) is 5.69 Å². The highest BCUT2D eigenvalue weighted by molar-refractivity contribution is 6.05. The topological polar surface area (TPSA) is 94.0 Å².